The van der Waals surface area contributed by atoms with Crippen LogP contribution in [-0.2, 0) is 11.3 Å². The van der Waals surface area contributed by atoms with E-state index in [2.05, 4.69) is 22.3 Å². The predicted octanol–water partition coefficient (Wildman–Crippen LogP) is 3.55. The molecule has 2 heterocycles. The van der Waals surface area contributed by atoms with Crippen LogP contribution in [0.3, 0.4) is 0 Å². The highest BCUT2D eigenvalue weighted by Gasteiger charge is 2.23. The van der Waals surface area contributed by atoms with Crippen molar-refractivity contribution in [2.24, 2.45) is 0 Å². The molecule has 2 aliphatic rings. The van der Waals surface area contributed by atoms with Crippen LogP contribution in [0.1, 0.15) is 46.8 Å². The lowest BCUT2D eigenvalue weighted by molar-refractivity contribution is 0.0388. The highest BCUT2D eigenvalue weighted by Crippen LogP contribution is 2.31. The molecule has 0 aromatic heterocycles. The second-order valence-electron chi connectivity index (χ2n) is 7.61. The Labute approximate surface area is 166 Å². The Balaban J connectivity index is 1.35. The van der Waals surface area contributed by atoms with Crippen LogP contribution in [0.4, 0.5) is 0 Å². The normalized spacial score (nSPS) is 20.2. The quantitative estimate of drug-likeness (QED) is 0.862. The lowest BCUT2D eigenvalue weighted by Crippen LogP contribution is -2.36. The van der Waals surface area contributed by atoms with E-state index in [0.717, 1.165) is 50.2 Å². The fourth-order valence-electron chi connectivity index (χ4n) is 4.06. The van der Waals surface area contributed by atoms with Crippen molar-refractivity contribution in [2.75, 3.05) is 26.8 Å². The van der Waals surface area contributed by atoms with Crippen molar-refractivity contribution in [3.8, 4) is 5.75 Å². The lowest BCUT2D eigenvalue weighted by atomic mass is 10.00. The van der Waals surface area contributed by atoms with Crippen molar-refractivity contribution in [2.45, 2.75) is 38.0 Å². The maximum Gasteiger partial charge on any atom is 0.251 e. The standard InChI is InChI=1S/C23H28N2O3/c1-27-19-10-13-25(14-11-19)16-17-6-8-18(9-7-17)23(26)24-21-12-15-28-22-5-3-2-4-20(21)22/h2-9,19,21H,10-16H2,1H3,(H,24,26). The Morgan fingerprint density at radius 1 is 1.11 bits per heavy atom. The third-order valence-corrected chi connectivity index (χ3v) is 5.75. The summed E-state index contributed by atoms with van der Waals surface area (Å²) < 4.78 is 11.1. The number of nitrogens with one attached hydrogen (secondary N) is 1. The van der Waals surface area contributed by atoms with Gasteiger partial charge in [0.2, 0.25) is 0 Å². The zero-order valence-electron chi connectivity index (χ0n) is 16.4. The van der Waals surface area contributed by atoms with Crippen molar-refractivity contribution < 1.29 is 14.3 Å². The number of hydrogen-bond donors (Lipinski definition) is 1. The molecule has 1 atom stereocenters. The number of fused-ring (bicyclic) bond motifs is 1. The number of benzene rings is 2. The molecule has 5 heteroatoms. The number of methoxy groups -OCH3 is 1. The van der Waals surface area contributed by atoms with Gasteiger partial charge >= 0.3 is 0 Å². The van der Waals surface area contributed by atoms with Crippen molar-refractivity contribution in [1.82, 2.24) is 10.2 Å². The molecule has 1 fully saturated rings. The summed E-state index contributed by atoms with van der Waals surface area (Å²) in [4.78, 5) is 15.2. The third-order valence-electron chi connectivity index (χ3n) is 5.75. The van der Waals surface area contributed by atoms with E-state index in [0.29, 0.717) is 18.3 Å². The molecule has 1 saturated heterocycles. The smallest absolute Gasteiger partial charge is 0.251 e. The van der Waals surface area contributed by atoms with Gasteiger partial charge in [-0.05, 0) is 36.6 Å². The van der Waals surface area contributed by atoms with Crippen molar-refractivity contribution in [3.05, 3.63) is 65.2 Å². The molecule has 0 bridgehead atoms. The highest BCUT2D eigenvalue weighted by molar-refractivity contribution is 5.94. The summed E-state index contributed by atoms with van der Waals surface area (Å²) in [5.74, 6) is 0.834. The first-order valence-corrected chi connectivity index (χ1v) is 10.1. The zero-order valence-corrected chi connectivity index (χ0v) is 16.4. The molecular formula is C23H28N2O3. The van der Waals surface area contributed by atoms with Crippen LogP contribution in [0.15, 0.2) is 48.5 Å². The average molecular weight is 380 g/mol. The minimum Gasteiger partial charge on any atom is -0.493 e. The second-order valence-corrected chi connectivity index (χ2v) is 7.61. The van der Waals surface area contributed by atoms with Gasteiger partial charge in [0.15, 0.2) is 0 Å². The second kappa shape index (κ2) is 8.76. The molecule has 1 N–H and O–H groups in total. The van der Waals surface area contributed by atoms with Crippen LogP contribution in [0.25, 0.3) is 0 Å². The van der Waals surface area contributed by atoms with Gasteiger partial charge in [-0.25, -0.2) is 0 Å². The SMILES string of the molecule is COC1CCN(Cc2ccc(C(=O)NC3CCOc4ccccc43)cc2)CC1. The van der Waals surface area contributed by atoms with Gasteiger partial charge in [-0.15, -0.1) is 0 Å². The summed E-state index contributed by atoms with van der Waals surface area (Å²) in [6.07, 6.45) is 3.36. The van der Waals surface area contributed by atoms with E-state index < -0.39 is 0 Å². The number of rotatable bonds is 5. The van der Waals surface area contributed by atoms with Crippen LogP contribution >= 0.6 is 0 Å². The minimum atomic E-state index is -0.0332. The number of para-hydroxylation sites is 1. The first-order valence-electron chi connectivity index (χ1n) is 10.1. The van der Waals surface area contributed by atoms with E-state index in [9.17, 15) is 4.79 Å². The number of ether oxygens (including phenoxy) is 2. The van der Waals surface area contributed by atoms with Crippen LogP contribution in [0.5, 0.6) is 5.75 Å². The van der Waals surface area contributed by atoms with Gasteiger partial charge in [-0.1, -0.05) is 30.3 Å². The fraction of sp³-hybridized carbons (Fsp3) is 0.435. The first-order chi connectivity index (χ1) is 13.7. The molecule has 1 amide bonds. The van der Waals surface area contributed by atoms with Gasteiger partial charge in [0.05, 0.1) is 18.8 Å². The van der Waals surface area contributed by atoms with Crippen LogP contribution in [0.2, 0.25) is 0 Å². The molecule has 0 spiro atoms. The van der Waals surface area contributed by atoms with Crippen LogP contribution in [-0.4, -0.2) is 43.7 Å². The molecular weight excluding hydrogens is 352 g/mol. The number of nitrogens with zero attached hydrogens (tertiary/aromatic N) is 1. The monoisotopic (exact) mass is 380 g/mol. The Hall–Kier alpha value is -2.37. The van der Waals surface area contributed by atoms with Crippen LogP contribution in [0, 0.1) is 0 Å². The number of hydrogen-bond acceptors (Lipinski definition) is 4. The number of carbonyl (C=O) groups is 1. The molecule has 5 nitrogen and oxygen atoms in total. The molecule has 4 rings (SSSR count). The van der Waals surface area contributed by atoms with E-state index in [1.54, 1.807) is 7.11 Å². The van der Waals surface area contributed by atoms with Gasteiger partial charge in [-0.3, -0.25) is 9.69 Å². The number of carbonyl (C=O) groups excluding carboxylic acids is 1. The summed E-state index contributed by atoms with van der Waals surface area (Å²) in [7, 11) is 1.79. The summed E-state index contributed by atoms with van der Waals surface area (Å²) in [6.45, 7) is 3.67. The highest BCUT2D eigenvalue weighted by atomic mass is 16.5. The Morgan fingerprint density at radius 3 is 2.61 bits per heavy atom. The van der Waals surface area contributed by atoms with Gasteiger partial charge in [0.25, 0.3) is 5.91 Å². The van der Waals surface area contributed by atoms with Gasteiger partial charge in [0.1, 0.15) is 5.75 Å². The molecule has 1 unspecified atom stereocenters. The van der Waals surface area contributed by atoms with Crippen molar-refractivity contribution in [1.29, 1.82) is 0 Å². The van der Waals surface area contributed by atoms with Crippen LogP contribution < -0.4 is 10.1 Å². The van der Waals surface area contributed by atoms with E-state index in [4.69, 9.17) is 9.47 Å². The minimum absolute atomic E-state index is 0.000734. The average Bonchev–Trinajstić information content (AvgIpc) is 2.75. The Kier molecular flexibility index (Phi) is 5.93. The maximum absolute atomic E-state index is 12.7. The van der Waals surface area contributed by atoms with Crippen molar-refractivity contribution >= 4 is 5.91 Å². The molecule has 0 radical (unpaired) electrons. The zero-order chi connectivity index (χ0) is 19.3. The van der Waals surface area contributed by atoms with Gasteiger partial charge < -0.3 is 14.8 Å². The lowest BCUT2D eigenvalue weighted by Gasteiger charge is -2.31. The Bertz CT molecular complexity index is 798. The molecule has 2 aromatic rings. The molecule has 2 aliphatic heterocycles. The fourth-order valence-corrected chi connectivity index (χ4v) is 4.06. The number of piperidine rings is 1. The number of amides is 1. The molecule has 148 valence electrons. The molecule has 2 aromatic carbocycles. The Morgan fingerprint density at radius 2 is 1.86 bits per heavy atom. The topological polar surface area (TPSA) is 50.8 Å². The molecule has 0 aliphatic carbocycles. The van der Waals surface area contributed by atoms with E-state index in [-0.39, 0.29) is 11.9 Å². The molecule has 28 heavy (non-hydrogen) atoms. The number of likely N-dealkylation sites (tertiary alicyclic amines) is 1. The van der Waals surface area contributed by atoms with Gasteiger partial charge in [0, 0.05) is 44.3 Å². The van der Waals surface area contributed by atoms with E-state index in [1.807, 2.05) is 36.4 Å². The van der Waals surface area contributed by atoms with Crippen molar-refractivity contribution in [3.63, 3.8) is 0 Å². The summed E-state index contributed by atoms with van der Waals surface area (Å²) in [6, 6.07) is 15.9. The van der Waals surface area contributed by atoms with E-state index in [1.165, 1.54) is 5.56 Å². The van der Waals surface area contributed by atoms with E-state index >= 15 is 0 Å². The summed E-state index contributed by atoms with van der Waals surface area (Å²) in [5.41, 5.74) is 2.99. The summed E-state index contributed by atoms with van der Waals surface area (Å²) >= 11 is 0. The molecule has 0 saturated carbocycles. The predicted molar refractivity (Wildman–Crippen MR) is 109 cm³/mol. The first kappa shape index (κ1) is 19.0. The summed E-state index contributed by atoms with van der Waals surface area (Å²) in [5, 5.41) is 3.16. The maximum atomic E-state index is 12.7. The third kappa shape index (κ3) is 4.37. The largest absolute Gasteiger partial charge is 0.493 e. The van der Waals surface area contributed by atoms with Gasteiger partial charge in [-0.2, -0.15) is 0 Å².